The molecular formula is C42H79O9P. The number of esters is 1. The zero-order valence-electron chi connectivity index (χ0n) is 33.3. The highest BCUT2D eigenvalue weighted by Gasteiger charge is 2.26. The molecule has 0 rings (SSSR count). The molecule has 52 heavy (non-hydrogen) atoms. The summed E-state index contributed by atoms with van der Waals surface area (Å²) in [5.74, 6) is -0.390. The van der Waals surface area contributed by atoms with E-state index in [1.54, 1.807) is 0 Å². The lowest BCUT2D eigenvalue weighted by atomic mass is 10.1. The molecule has 0 saturated carbocycles. The maximum atomic E-state index is 12.6. The summed E-state index contributed by atoms with van der Waals surface area (Å²) in [6.07, 6.45) is 41.0. The van der Waals surface area contributed by atoms with Gasteiger partial charge in [-0.25, -0.2) is 4.57 Å². The summed E-state index contributed by atoms with van der Waals surface area (Å²) < 4.78 is 33.3. The average Bonchev–Trinajstić information content (AvgIpc) is 3.13. The second-order valence-electron chi connectivity index (χ2n) is 14.0. The first-order valence-electron chi connectivity index (χ1n) is 21.0. The van der Waals surface area contributed by atoms with Gasteiger partial charge in [-0.3, -0.25) is 13.8 Å². The van der Waals surface area contributed by atoms with Crippen LogP contribution in [0, 0.1) is 0 Å². The average molecular weight is 759 g/mol. The van der Waals surface area contributed by atoms with E-state index >= 15 is 0 Å². The van der Waals surface area contributed by atoms with E-state index in [2.05, 4.69) is 50.3 Å². The second kappa shape index (κ2) is 39.4. The Bertz CT molecular complexity index is 908. The van der Waals surface area contributed by atoms with Crippen molar-refractivity contribution in [2.24, 2.45) is 0 Å². The molecule has 0 aliphatic rings. The molecule has 0 spiro atoms. The maximum Gasteiger partial charge on any atom is 0.472 e. The fourth-order valence-corrected chi connectivity index (χ4v) is 6.33. The quantitative estimate of drug-likeness (QED) is 0.0242. The summed E-state index contributed by atoms with van der Waals surface area (Å²) in [6, 6.07) is 0. The molecular weight excluding hydrogens is 679 g/mol. The third kappa shape index (κ3) is 38.4. The van der Waals surface area contributed by atoms with Gasteiger partial charge in [-0.15, -0.1) is 0 Å². The van der Waals surface area contributed by atoms with Gasteiger partial charge in [0.05, 0.1) is 26.4 Å². The predicted octanol–water partition coefficient (Wildman–Crippen LogP) is 11.3. The summed E-state index contributed by atoms with van der Waals surface area (Å²) in [6.45, 7) is 3.44. The SMILES string of the molecule is CCCC/C=C\CCCCCCCCOCC(COP(=O)(O)OCC(O)CO)OC(=O)CCCCCCCCCCC/C=C\C/C=C\CCCCC. The molecule has 0 fully saturated rings. The third-order valence-electron chi connectivity index (χ3n) is 8.80. The summed E-state index contributed by atoms with van der Waals surface area (Å²) in [4.78, 5) is 22.5. The number of phosphoric ester groups is 1. The monoisotopic (exact) mass is 759 g/mol. The first-order chi connectivity index (χ1) is 25.3. The largest absolute Gasteiger partial charge is 0.472 e. The van der Waals surface area contributed by atoms with E-state index in [-0.39, 0.29) is 25.6 Å². The molecule has 9 nitrogen and oxygen atoms in total. The number of unbranched alkanes of at least 4 members (excludes halogenated alkanes) is 20. The van der Waals surface area contributed by atoms with E-state index in [1.807, 2.05) is 0 Å². The minimum absolute atomic E-state index is 0.0438. The lowest BCUT2D eigenvalue weighted by molar-refractivity contribution is -0.154. The minimum atomic E-state index is -4.52. The van der Waals surface area contributed by atoms with Crippen LogP contribution in [0.25, 0.3) is 0 Å². The van der Waals surface area contributed by atoms with E-state index in [0.717, 1.165) is 57.8 Å². The van der Waals surface area contributed by atoms with Crippen molar-refractivity contribution in [1.82, 2.24) is 0 Å². The van der Waals surface area contributed by atoms with Crippen LogP contribution in [0.3, 0.4) is 0 Å². The number of aliphatic hydroxyl groups is 2. The van der Waals surface area contributed by atoms with Crippen molar-refractivity contribution in [2.75, 3.05) is 33.0 Å². The zero-order chi connectivity index (χ0) is 38.2. The van der Waals surface area contributed by atoms with E-state index in [0.29, 0.717) is 6.61 Å². The van der Waals surface area contributed by atoms with Crippen molar-refractivity contribution in [3.05, 3.63) is 36.5 Å². The van der Waals surface area contributed by atoms with Gasteiger partial charge < -0.3 is 24.6 Å². The van der Waals surface area contributed by atoms with Gasteiger partial charge >= 0.3 is 13.8 Å². The zero-order valence-corrected chi connectivity index (χ0v) is 34.2. The number of allylic oxidation sites excluding steroid dienone is 6. The summed E-state index contributed by atoms with van der Waals surface area (Å²) >= 11 is 0. The molecule has 0 aromatic heterocycles. The van der Waals surface area contributed by atoms with Gasteiger partial charge in [0.25, 0.3) is 0 Å². The Kier molecular flexibility index (Phi) is 38.4. The molecule has 10 heteroatoms. The van der Waals surface area contributed by atoms with Crippen LogP contribution in [-0.4, -0.2) is 66.3 Å². The number of aliphatic hydroxyl groups excluding tert-OH is 2. The predicted molar refractivity (Wildman–Crippen MR) is 214 cm³/mol. The molecule has 0 aliphatic heterocycles. The summed E-state index contributed by atoms with van der Waals surface area (Å²) in [7, 11) is -4.52. The third-order valence-corrected chi connectivity index (χ3v) is 9.75. The molecule has 0 amide bonds. The van der Waals surface area contributed by atoms with Crippen LogP contribution < -0.4 is 0 Å². The fourth-order valence-electron chi connectivity index (χ4n) is 5.54. The standard InChI is InChI=1S/C42H79O9P/c1-3-5-7-9-11-13-15-17-18-19-20-21-22-23-24-26-28-30-32-34-42(45)51-41(39-50-52(46,47)49-37-40(44)36-43)38-48-35-33-31-29-27-25-16-14-12-10-8-6-4-2/h10-13,17-18,40-41,43-44H,3-9,14-16,19-39H2,1-2H3,(H,46,47)/b12-10-,13-11-,18-17-. The van der Waals surface area contributed by atoms with Gasteiger partial charge in [-0.2, -0.15) is 0 Å². The van der Waals surface area contributed by atoms with Gasteiger partial charge in [0.15, 0.2) is 0 Å². The highest BCUT2D eigenvalue weighted by Crippen LogP contribution is 2.43. The molecule has 3 atom stereocenters. The number of carbonyl (C=O) groups excluding carboxylic acids is 1. The van der Waals surface area contributed by atoms with Gasteiger partial charge in [-0.05, 0) is 64.2 Å². The van der Waals surface area contributed by atoms with Crippen LogP contribution in [0.1, 0.15) is 181 Å². The van der Waals surface area contributed by atoms with Crippen LogP contribution in [0.4, 0.5) is 0 Å². The first-order valence-corrected chi connectivity index (χ1v) is 22.5. The molecule has 3 N–H and O–H groups in total. The summed E-state index contributed by atoms with van der Waals surface area (Å²) in [5.41, 5.74) is 0. The normalized spacial score (nSPS) is 14.5. The Morgan fingerprint density at radius 2 is 1.06 bits per heavy atom. The van der Waals surface area contributed by atoms with Crippen molar-refractivity contribution in [3.8, 4) is 0 Å². The van der Waals surface area contributed by atoms with Crippen molar-refractivity contribution >= 4 is 13.8 Å². The molecule has 3 unspecified atom stereocenters. The molecule has 0 aromatic carbocycles. The van der Waals surface area contributed by atoms with E-state index in [9.17, 15) is 19.4 Å². The van der Waals surface area contributed by atoms with E-state index in [4.69, 9.17) is 23.6 Å². The van der Waals surface area contributed by atoms with Crippen molar-refractivity contribution in [1.29, 1.82) is 0 Å². The molecule has 0 radical (unpaired) electrons. The van der Waals surface area contributed by atoms with Crippen molar-refractivity contribution in [3.63, 3.8) is 0 Å². The number of phosphoric acid groups is 1. The smallest absolute Gasteiger partial charge is 0.457 e. The van der Waals surface area contributed by atoms with Gasteiger partial charge in [0.2, 0.25) is 0 Å². The molecule has 0 heterocycles. The number of ether oxygens (including phenoxy) is 2. The van der Waals surface area contributed by atoms with Crippen molar-refractivity contribution < 1.29 is 43.0 Å². The highest BCUT2D eigenvalue weighted by atomic mass is 31.2. The fraction of sp³-hybridized carbons (Fsp3) is 0.833. The van der Waals surface area contributed by atoms with Gasteiger partial charge in [0, 0.05) is 13.0 Å². The Balaban J connectivity index is 4.16. The maximum absolute atomic E-state index is 12.6. The highest BCUT2D eigenvalue weighted by molar-refractivity contribution is 7.47. The number of hydrogen-bond acceptors (Lipinski definition) is 8. The summed E-state index contributed by atoms with van der Waals surface area (Å²) in [5, 5.41) is 18.3. The molecule has 0 bridgehead atoms. The second-order valence-corrected chi connectivity index (χ2v) is 15.5. The van der Waals surface area contributed by atoms with Crippen LogP contribution in [0.2, 0.25) is 0 Å². The van der Waals surface area contributed by atoms with Crippen LogP contribution in [0.5, 0.6) is 0 Å². The first kappa shape index (κ1) is 50.7. The Morgan fingerprint density at radius 1 is 0.596 bits per heavy atom. The Morgan fingerprint density at radius 3 is 1.62 bits per heavy atom. The van der Waals surface area contributed by atoms with Crippen LogP contribution in [0.15, 0.2) is 36.5 Å². The van der Waals surface area contributed by atoms with Crippen LogP contribution >= 0.6 is 7.82 Å². The number of rotatable bonds is 40. The van der Waals surface area contributed by atoms with Crippen LogP contribution in [-0.2, 0) is 27.9 Å². The molecule has 0 saturated heterocycles. The van der Waals surface area contributed by atoms with E-state index in [1.165, 1.54) is 103 Å². The van der Waals surface area contributed by atoms with Crippen molar-refractivity contribution in [2.45, 2.75) is 193 Å². The topological polar surface area (TPSA) is 132 Å². The lowest BCUT2D eigenvalue weighted by Gasteiger charge is -2.20. The molecule has 0 aliphatic carbocycles. The van der Waals surface area contributed by atoms with E-state index < -0.39 is 33.2 Å². The van der Waals surface area contributed by atoms with Gasteiger partial charge in [-0.1, -0.05) is 147 Å². The Labute approximate surface area is 318 Å². The Hall–Kier alpha value is -1.32. The lowest BCUT2D eigenvalue weighted by Crippen LogP contribution is -2.29. The van der Waals surface area contributed by atoms with Gasteiger partial charge in [0.1, 0.15) is 12.2 Å². The molecule has 0 aromatic rings. The number of carbonyl (C=O) groups is 1. The molecule has 306 valence electrons. The number of hydrogen-bond donors (Lipinski definition) is 3. The minimum Gasteiger partial charge on any atom is -0.457 e.